The molecule has 0 amide bonds. The number of hydrogen-bond acceptors (Lipinski definition) is 3. The molecular weight excluding hydrogens is 669 g/mol. The molecule has 0 saturated heterocycles. The molecule has 3 nitrogen and oxygen atoms in total. The molecule has 5 heteroatoms. The zero-order valence-corrected chi connectivity index (χ0v) is 37.6. The average molecular weight is 747 g/mol. The molecule has 2 aliphatic carbocycles. The first-order valence-electron chi connectivity index (χ1n) is 21.7. The van der Waals surface area contributed by atoms with Crippen LogP contribution in [0.1, 0.15) is 183 Å². The maximum Gasteiger partial charge on any atom is 0.258 e. The van der Waals surface area contributed by atoms with Gasteiger partial charge >= 0.3 is 0 Å². The van der Waals surface area contributed by atoms with Crippen molar-refractivity contribution in [2.75, 3.05) is 0 Å². The molecule has 0 N–H and O–H groups in total. The number of carbonyl (C=O) groups is 1. The van der Waals surface area contributed by atoms with Crippen LogP contribution in [0.4, 0.5) is 0 Å². The Hall–Kier alpha value is -1.86. The van der Waals surface area contributed by atoms with Crippen molar-refractivity contribution in [1.82, 2.24) is 0 Å². The molecule has 0 aromatic heterocycles. The van der Waals surface area contributed by atoms with Crippen molar-refractivity contribution in [2.24, 2.45) is 11.8 Å². The summed E-state index contributed by atoms with van der Waals surface area (Å²) in [6, 6.07) is 17.8. The third kappa shape index (κ3) is 9.87. The Balaban J connectivity index is 1.70. The second-order valence-electron chi connectivity index (χ2n) is 19.0. The topological polar surface area (TPSA) is 35.5 Å². The van der Waals surface area contributed by atoms with Crippen molar-refractivity contribution < 1.29 is 13.6 Å². The van der Waals surface area contributed by atoms with Gasteiger partial charge in [0, 0.05) is 11.8 Å². The van der Waals surface area contributed by atoms with E-state index in [2.05, 4.69) is 132 Å². The van der Waals surface area contributed by atoms with Gasteiger partial charge in [0.1, 0.15) is 17.3 Å². The molecule has 52 heavy (non-hydrogen) atoms. The van der Waals surface area contributed by atoms with Gasteiger partial charge in [-0.15, -0.1) is 0 Å². The minimum absolute atomic E-state index is 0.0909. The first-order valence-corrected chi connectivity index (χ1v) is 26.0. The van der Waals surface area contributed by atoms with E-state index in [9.17, 15) is 0 Å². The lowest BCUT2D eigenvalue weighted by atomic mass is 9.72. The van der Waals surface area contributed by atoms with Crippen LogP contribution in [-0.4, -0.2) is 22.4 Å². The second-order valence-corrected chi connectivity index (χ2v) is 29.7. The SMILES string of the molecule is CC(C)[Si](Oc1ccc(C(CC2CCCCC2)C(=O)C(CC2CCCCC2)c2ccc(O[Si](C(C)C)(C(C)C)C(C)C)cc2)cc1)(C(C)C)C(C)C. The smallest absolute Gasteiger partial charge is 0.258 e. The van der Waals surface area contributed by atoms with Crippen molar-refractivity contribution >= 4 is 22.4 Å². The highest BCUT2D eigenvalue weighted by Crippen LogP contribution is 2.46. The third-order valence-corrected chi connectivity index (χ3v) is 25.8. The molecule has 0 bridgehead atoms. The van der Waals surface area contributed by atoms with Crippen molar-refractivity contribution in [2.45, 2.75) is 205 Å². The summed E-state index contributed by atoms with van der Waals surface area (Å²) in [5, 5.41) is 0. The van der Waals surface area contributed by atoms with Crippen LogP contribution in [0.15, 0.2) is 48.5 Å². The molecule has 0 radical (unpaired) electrons. The second kappa shape index (κ2) is 19.1. The van der Waals surface area contributed by atoms with Crippen molar-refractivity contribution in [3.05, 3.63) is 59.7 Å². The van der Waals surface area contributed by atoms with Gasteiger partial charge in [-0.05, 0) is 93.3 Å². The Bertz CT molecular complexity index is 1200. The van der Waals surface area contributed by atoms with Crippen LogP contribution in [-0.2, 0) is 4.79 Å². The molecule has 0 aliphatic heterocycles. The molecular formula is C47H78O3Si2. The minimum atomic E-state index is -2.07. The first kappa shape index (κ1) is 42.9. The lowest BCUT2D eigenvalue weighted by molar-refractivity contribution is -0.123. The van der Waals surface area contributed by atoms with Gasteiger partial charge in [-0.3, -0.25) is 4.79 Å². The molecule has 2 unspecified atom stereocenters. The van der Waals surface area contributed by atoms with E-state index in [0.29, 0.717) is 50.9 Å². The summed E-state index contributed by atoms with van der Waals surface area (Å²) in [5.41, 5.74) is 5.48. The normalized spacial score (nSPS) is 18.2. The standard InChI is InChI=1S/C47H78O3Si2/c1-33(2)51(34(3)4,35(5)6)49-43-27-23-41(24-28-43)45(31-39-19-15-13-16-20-39)47(48)46(32-40-21-17-14-18-22-40)42-25-29-44(30-26-42)50-52(36(7)8,37(9)10)38(11)12/h23-30,33-40,45-46H,13-22,31-32H2,1-12H3. The molecule has 2 fully saturated rings. The Morgan fingerprint density at radius 3 is 1.00 bits per heavy atom. The monoisotopic (exact) mass is 747 g/mol. The fourth-order valence-electron chi connectivity index (χ4n) is 11.2. The van der Waals surface area contributed by atoms with Gasteiger partial charge < -0.3 is 8.85 Å². The van der Waals surface area contributed by atoms with E-state index in [4.69, 9.17) is 8.85 Å². The molecule has 2 aromatic carbocycles. The van der Waals surface area contributed by atoms with Crippen LogP contribution in [0, 0.1) is 11.8 Å². The zero-order chi connectivity index (χ0) is 38.2. The van der Waals surface area contributed by atoms with Gasteiger partial charge in [-0.1, -0.05) is 172 Å². The number of benzene rings is 2. The van der Waals surface area contributed by atoms with E-state index < -0.39 is 16.6 Å². The van der Waals surface area contributed by atoms with Crippen LogP contribution in [0.3, 0.4) is 0 Å². The number of carbonyl (C=O) groups excluding carboxylic acids is 1. The summed E-state index contributed by atoms with van der Waals surface area (Å²) in [6.45, 7) is 28.2. The van der Waals surface area contributed by atoms with E-state index in [-0.39, 0.29) is 11.8 Å². The number of ketones is 1. The van der Waals surface area contributed by atoms with Gasteiger partial charge in [0.25, 0.3) is 16.6 Å². The highest BCUT2D eigenvalue weighted by atomic mass is 28.4. The fourth-order valence-corrected chi connectivity index (χ4v) is 21.7. The van der Waals surface area contributed by atoms with Crippen LogP contribution < -0.4 is 8.85 Å². The molecule has 2 saturated carbocycles. The lowest BCUT2D eigenvalue weighted by Crippen LogP contribution is -2.50. The lowest BCUT2D eigenvalue weighted by Gasteiger charge is -2.42. The molecule has 2 aliphatic rings. The number of Topliss-reactive ketones (excluding diaryl/α,β-unsaturated/α-hetero) is 1. The van der Waals surface area contributed by atoms with Gasteiger partial charge in [0.15, 0.2) is 0 Å². The summed E-state index contributed by atoms with van der Waals surface area (Å²) in [5.74, 6) is 3.45. The Morgan fingerprint density at radius 1 is 0.481 bits per heavy atom. The first-order chi connectivity index (χ1) is 24.6. The van der Waals surface area contributed by atoms with E-state index >= 15 is 4.79 Å². The summed E-state index contributed by atoms with van der Waals surface area (Å²) < 4.78 is 14.2. The maximum absolute atomic E-state index is 15.3. The van der Waals surface area contributed by atoms with Crippen molar-refractivity contribution in [3.63, 3.8) is 0 Å². The Labute approximate surface area is 323 Å². The van der Waals surface area contributed by atoms with Gasteiger partial charge in [0.05, 0.1) is 0 Å². The largest absolute Gasteiger partial charge is 0.543 e. The molecule has 0 spiro atoms. The van der Waals surface area contributed by atoms with Crippen LogP contribution in [0.5, 0.6) is 11.5 Å². The predicted molar refractivity (Wildman–Crippen MR) is 229 cm³/mol. The van der Waals surface area contributed by atoms with E-state index in [0.717, 1.165) is 24.3 Å². The Morgan fingerprint density at radius 2 is 0.750 bits per heavy atom. The van der Waals surface area contributed by atoms with Crippen molar-refractivity contribution in [3.8, 4) is 11.5 Å². The molecule has 4 rings (SSSR count). The van der Waals surface area contributed by atoms with E-state index in [1.54, 1.807) is 0 Å². The van der Waals surface area contributed by atoms with Gasteiger partial charge in [0.2, 0.25) is 0 Å². The van der Waals surface area contributed by atoms with Crippen LogP contribution in [0.2, 0.25) is 33.2 Å². The van der Waals surface area contributed by atoms with Crippen molar-refractivity contribution in [1.29, 1.82) is 0 Å². The third-order valence-electron chi connectivity index (χ3n) is 13.8. The maximum atomic E-state index is 15.3. The summed E-state index contributed by atoms with van der Waals surface area (Å²) in [7, 11) is -4.14. The number of rotatable bonds is 18. The number of hydrogen-bond donors (Lipinski definition) is 0. The molecule has 292 valence electrons. The van der Waals surface area contributed by atoms with Crippen LogP contribution in [0.25, 0.3) is 0 Å². The quantitative estimate of drug-likeness (QED) is 0.143. The molecule has 0 heterocycles. The predicted octanol–water partition coefficient (Wildman–Crippen LogP) is 15.2. The summed E-state index contributed by atoms with van der Waals surface area (Å²) in [4.78, 5) is 15.3. The van der Waals surface area contributed by atoms with Gasteiger partial charge in [-0.25, -0.2) is 0 Å². The summed E-state index contributed by atoms with van der Waals surface area (Å²) in [6.07, 6.45) is 14.8. The molecule has 2 atom stereocenters. The van der Waals surface area contributed by atoms with E-state index in [1.807, 2.05) is 0 Å². The highest BCUT2D eigenvalue weighted by molar-refractivity contribution is 6.78. The summed E-state index contributed by atoms with van der Waals surface area (Å²) >= 11 is 0. The fraction of sp³-hybridized carbons (Fsp3) is 0.723. The highest BCUT2D eigenvalue weighted by Gasteiger charge is 2.48. The van der Waals surface area contributed by atoms with Crippen LogP contribution >= 0.6 is 0 Å². The molecule has 2 aromatic rings. The van der Waals surface area contributed by atoms with Gasteiger partial charge in [-0.2, -0.15) is 0 Å². The zero-order valence-electron chi connectivity index (χ0n) is 35.6. The average Bonchev–Trinajstić information content (AvgIpc) is 3.11. The minimum Gasteiger partial charge on any atom is -0.543 e. The van der Waals surface area contributed by atoms with E-state index in [1.165, 1.54) is 75.3 Å². The Kier molecular flexibility index (Phi) is 15.8.